The zero-order valence-corrected chi connectivity index (χ0v) is 12.0. The molecule has 0 saturated carbocycles. The van der Waals surface area contributed by atoms with Crippen LogP contribution in [0.25, 0.3) is 0 Å². The van der Waals surface area contributed by atoms with Gasteiger partial charge in [0.25, 0.3) is 5.91 Å². The zero-order valence-electron chi connectivity index (χ0n) is 12.0. The van der Waals surface area contributed by atoms with Gasteiger partial charge in [-0.2, -0.15) is 0 Å². The van der Waals surface area contributed by atoms with Crippen LogP contribution in [0, 0.1) is 5.92 Å². The van der Waals surface area contributed by atoms with Gasteiger partial charge in [-0.15, -0.1) is 0 Å². The summed E-state index contributed by atoms with van der Waals surface area (Å²) in [5.74, 6) is 1.62. The summed E-state index contributed by atoms with van der Waals surface area (Å²) in [6.45, 7) is 2.25. The van der Waals surface area contributed by atoms with E-state index in [1.165, 1.54) is 0 Å². The van der Waals surface area contributed by atoms with Crippen molar-refractivity contribution in [1.29, 1.82) is 0 Å². The lowest BCUT2D eigenvalue weighted by Gasteiger charge is -2.22. The van der Waals surface area contributed by atoms with Crippen molar-refractivity contribution in [1.82, 2.24) is 5.32 Å². The van der Waals surface area contributed by atoms with E-state index in [2.05, 4.69) is 5.32 Å². The Kier molecular flexibility index (Phi) is 5.24. The van der Waals surface area contributed by atoms with E-state index in [1.807, 2.05) is 0 Å². The third-order valence-electron chi connectivity index (χ3n) is 3.51. The lowest BCUT2D eigenvalue weighted by Crippen LogP contribution is -2.32. The molecule has 5 nitrogen and oxygen atoms in total. The summed E-state index contributed by atoms with van der Waals surface area (Å²) in [6.07, 6.45) is 2.00. The molecule has 1 aromatic rings. The van der Waals surface area contributed by atoms with Crippen molar-refractivity contribution in [3.63, 3.8) is 0 Å². The van der Waals surface area contributed by atoms with E-state index in [9.17, 15) is 4.79 Å². The van der Waals surface area contributed by atoms with Crippen LogP contribution in [0.3, 0.4) is 0 Å². The number of rotatable bonds is 5. The first-order valence-electron chi connectivity index (χ1n) is 6.82. The van der Waals surface area contributed by atoms with Gasteiger partial charge in [0.1, 0.15) is 11.5 Å². The van der Waals surface area contributed by atoms with Crippen LogP contribution in [0.1, 0.15) is 23.2 Å². The fraction of sp³-hybridized carbons (Fsp3) is 0.533. The summed E-state index contributed by atoms with van der Waals surface area (Å²) < 4.78 is 15.6. The van der Waals surface area contributed by atoms with E-state index in [1.54, 1.807) is 32.4 Å². The Morgan fingerprint density at radius 2 is 1.80 bits per heavy atom. The van der Waals surface area contributed by atoms with Crippen LogP contribution in [0.4, 0.5) is 0 Å². The molecule has 1 fully saturated rings. The van der Waals surface area contributed by atoms with Crippen LogP contribution in [0.15, 0.2) is 18.2 Å². The van der Waals surface area contributed by atoms with Gasteiger partial charge >= 0.3 is 0 Å². The molecule has 0 radical (unpaired) electrons. The van der Waals surface area contributed by atoms with E-state index in [0.29, 0.717) is 29.5 Å². The summed E-state index contributed by atoms with van der Waals surface area (Å²) >= 11 is 0. The maximum atomic E-state index is 12.2. The molecule has 5 heteroatoms. The van der Waals surface area contributed by atoms with Crippen molar-refractivity contribution >= 4 is 5.91 Å². The quantitative estimate of drug-likeness (QED) is 0.894. The number of carbonyl (C=O) groups is 1. The highest BCUT2D eigenvalue weighted by Gasteiger charge is 2.16. The Morgan fingerprint density at radius 3 is 2.35 bits per heavy atom. The minimum Gasteiger partial charge on any atom is -0.497 e. The van der Waals surface area contributed by atoms with Crippen LogP contribution < -0.4 is 14.8 Å². The van der Waals surface area contributed by atoms with E-state index >= 15 is 0 Å². The van der Waals surface area contributed by atoms with Gasteiger partial charge in [-0.3, -0.25) is 4.79 Å². The normalized spacial score (nSPS) is 15.7. The summed E-state index contributed by atoms with van der Waals surface area (Å²) in [5, 5.41) is 2.97. The molecule has 0 atom stereocenters. The number of methoxy groups -OCH3 is 2. The molecule has 1 saturated heterocycles. The van der Waals surface area contributed by atoms with Crippen molar-refractivity contribution in [3.05, 3.63) is 23.8 Å². The van der Waals surface area contributed by atoms with Crippen LogP contribution >= 0.6 is 0 Å². The molecule has 2 rings (SSSR count). The topological polar surface area (TPSA) is 56.8 Å². The molecule has 1 heterocycles. The van der Waals surface area contributed by atoms with E-state index in [4.69, 9.17) is 14.2 Å². The summed E-state index contributed by atoms with van der Waals surface area (Å²) in [7, 11) is 3.14. The van der Waals surface area contributed by atoms with Gasteiger partial charge in [0.05, 0.1) is 14.2 Å². The molecule has 0 spiro atoms. The molecule has 20 heavy (non-hydrogen) atoms. The highest BCUT2D eigenvalue weighted by atomic mass is 16.5. The number of benzene rings is 1. The van der Waals surface area contributed by atoms with Gasteiger partial charge in [0.2, 0.25) is 0 Å². The highest BCUT2D eigenvalue weighted by Crippen LogP contribution is 2.22. The Morgan fingerprint density at radius 1 is 1.20 bits per heavy atom. The first-order chi connectivity index (χ1) is 9.72. The Balaban J connectivity index is 1.97. The Hall–Kier alpha value is -1.75. The van der Waals surface area contributed by atoms with E-state index < -0.39 is 0 Å². The van der Waals surface area contributed by atoms with Gasteiger partial charge in [-0.1, -0.05) is 0 Å². The van der Waals surface area contributed by atoms with Crippen LogP contribution in [-0.4, -0.2) is 39.9 Å². The zero-order chi connectivity index (χ0) is 14.4. The molecule has 0 bridgehead atoms. The second-order valence-electron chi connectivity index (χ2n) is 4.87. The Labute approximate surface area is 119 Å². The second kappa shape index (κ2) is 7.14. The van der Waals surface area contributed by atoms with E-state index in [0.717, 1.165) is 26.1 Å². The van der Waals surface area contributed by atoms with Gasteiger partial charge in [0, 0.05) is 31.4 Å². The molecular weight excluding hydrogens is 258 g/mol. The number of amides is 1. The maximum absolute atomic E-state index is 12.2. The first kappa shape index (κ1) is 14.7. The fourth-order valence-electron chi connectivity index (χ4n) is 2.23. The molecule has 1 aromatic carbocycles. The lowest BCUT2D eigenvalue weighted by atomic mass is 10.0. The third-order valence-corrected chi connectivity index (χ3v) is 3.51. The predicted molar refractivity (Wildman–Crippen MR) is 75.4 cm³/mol. The number of hydrogen-bond acceptors (Lipinski definition) is 4. The molecule has 1 aliphatic rings. The lowest BCUT2D eigenvalue weighted by molar-refractivity contribution is 0.0642. The largest absolute Gasteiger partial charge is 0.497 e. The monoisotopic (exact) mass is 279 g/mol. The van der Waals surface area contributed by atoms with Crippen molar-refractivity contribution in [2.75, 3.05) is 34.0 Å². The average molecular weight is 279 g/mol. The van der Waals surface area contributed by atoms with Crippen molar-refractivity contribution in [3.8, 4) is 11.5 Å². The number of hydrogen-bond donors (Lipinski definition) is 1. The van der Waals surface area contributed by atoms with Gasteiger partial charge in [0.15, 0.2) is 0 Å². The van der Waals surface area contributed by atoms with Crippen LogP contribution in [-0.2, 0) is 4.74 Å². The van der Waals surface area contributed by atoms with Gasteiger partial charge < -0.3 is 19.5 Å². The molecule has 1 N–H and O–H groups in total. The molecule has 1 aliphatic heterocycles. The molecule has 1 amide bonds. The van der Waals surface area contributed by atoms with Crippen LogP contribution in [0.2, 0.25) is 0 Å². The summed E-state index contributed by atoms with van der Waals surface area (Å²) in [4.78, 5) is 12.2. The number of nitrogens with one attached hydrogen (secondary N) is 1. The predicted octanol–water partition coefficient (Wildman–Crippen LogP) is 1.86. The van der Waals surface area contributed by atoms with Crippen molar-refractivity contribution < 1.29 is 19.0 Å². The first-order valence-corrected chi connectivity index (χ1v) is 6.82. The minimum absolute atomic E-state index is 0.103. The fourth-order valence-corrected chi connectivity index (χ4v) is 2.23. The van der Waals surface area contributed by atoms with Gasteiger partial charge in [-0.25, -0.2) is 0 Å². The molecule has 0 aromatic heterocycles. The van der Waals surface area contributed by atoms with Gasteiger partial charge in [-0.05, 0) is 30.9 Å². The molecule has 110 valence electrons. The smallest absolute Gasteiger partial charge is 0.251 e. The van der Waals surface area contributed by atoms with Crippen molar-refractivity contribution in [2.45, 2.75) is 12.8 Å². The minimum atomic E-state index is -0.103. The van der Waals surface area contributed by atoms with Crippen molar-refractivity contribution in [2.24, 2.45) is 5.92 Å². The third kappa shape index (κ3) is 3.87. The molecule has 0 unspecified atom stereocenters. The molecular formula is C15H21NO4. The summed E-state index contributed by atoms with van der Waals surface area (Å²) in [6, 6.07) is 5.17. The van der Waals surface area contributed by atoms with E-state index in [-0.39, 0.29) is 5.91 Å². The standard InChI is InChI=1S/C15H21NO4/c1-18-13-7-12(8-14(9-13)19-2)15(17)16-10-11-3-5-20-6-4-11/h7-9,11H,3-6,10H2,1-2H3,(H,16,17). The maximum Gasteiger partial charge on any atom is 0.251 e. The Bertz CT molecular complexity index is 433. The summed E-state index contributed by atoms with van der Waals surface area (Å²) in [5.41, 5.74) is 0.549. The molecule has 0 aliphatic carbocycles. The second-order valence-corrected chi connectivity index (χ2v) is 4.87. The SMILES string of the molecule is COc1cc(OC)cc(C(=O)NCC2CCOCC2)c1. The highest BCUT2D eigenvalue weighted by molar-refractivity contribution is 5.95. The number of carbonyl (C=O) groups excluding carboxylic acids is 1. The average Bonchev–Trinajstić information content (AvgIpc) is 2.52. The number of ether oxygens (including phenoxy) is 3. The van der Waals surface area contributed by atoms with Crippen LogP contribution in [0.5, 0.6) is 11.5 Å².